The van der Waals surface area contributed by atoms with E-state index in [1.54, 1.807) is 19.0 Å². The van der Waals surface area contributed by atoms with Gasteiger partial charge in [-0.2, -0.15) is 0 Å². The van der Waals surface area contributed by atoms with Crippen molar-refractivity contribution in [2.75, 3.05) is 33.7 Å². The Balaban J connectivity index is 0.00000729. The van der Waals surface area contributed by atoms with Crippen LogP contribution in [-0.2, 0) is 4.79 Å². The molecule has 0 aromatic heterocycles. The van der Waals surface area contributed by atoms with Crippen LogP contribution in [0.4, 0.5) is 0 Å². The number of hydrogen-bond acceptors (Lipinski definition) is 3. The van der Waals surface area contributed by atoms with Gasteiger partial charge < -0.3 is 20.9 Å². The summed E-state index contributed by atoms with van der Waals surface area (Å²) in [4.78, 5) is 17.8. The number of aliphatic imine (C=N–C) groups is 1. The number of carbonyl (C=O) groups is 1. The molecule has 0 radical (unpaired) electrons. The Bertz CT molecular complexity index is 588. The molecule has 0 spiro atoms. The summed E-state index contributed by atoms with van der Waals surface area (Å²) < 4.78 is 0. The van der Waals surface area contributed by atoms with E-state index in [-0.39, 0.29) is 48.0 Å². The monoisotopic (exact) mass is 503 g/mol. The Morgan fingerprint density at radius 1 is 1.11 bits per heavy atom. The van der Waals surface area contributed by atoms with E-state index in [2.05, 4.69) is 66.0 Å². The predicted octanol–water partition coefficient (Wildman–Crippen LogP) is 3.16. The van der Waals surface area contributed by atoms with Crippen molar-refractivity contribution in [3.8, 4) is 0 Å². The topological polar surface area (TPSA) is 68.8 Å². The second-order valence-corrected chi connectivity index (χ2v) is 7.10. The number of hydrogen-bond donors (Lipinski definition) is 3. The molecule has 1 aromatic rings. The molecule has 1 atom stereocenters. The number of likely N-dealkylation sites (N-methyl/N-ethyl adjacent to an activating group) is 1. The summed E-state index contributed by atoms with van der Waals surface area (Å²) in [5.74, 6) is 0.661. The predicted molar refractivity (Wildman–Crippen MR) is 129 cm³/mol. The van der Waals surface area contributed by atoms with E-state index in [0.717, 1.165) is 25.9 Å². The standard InChI is InChI=1S/C21H37N5O.HI/c1-7-21(8-2,25-17(4)18-13-11-10-12-14-18)16-24-20(22-9-3)23-15-19(27)26(5)6;/h10-14,17,25H,7-9,15-16H2,1-6H3,(H2,22,23,24);1H. The quantitative estimate of drug-likeness (QED) is 0.261. The first-order chi connectivity index (χ1) is 12.9. The van der Waals surface area contributed by atoms with Gasteiger partial charge in [-0.05, 0) is 32.3 Å². The van der Waals surface area contributed by atoms with E-state index in [4.69, 9.17) is 0 Å². The highest BCUT2D eigenvalue weighted by molar-refractivity contribution is 14.0. The molecule has 1 amide bonds. The number of amides is 1. The van der Waals surface area contributed by atoms with E-state index in [0.29, 0.717) is 5.96 Å². The number of halogens is 1. The highest BCUT2D eigenvalue weighted by atomic mass is 127. The van der Waals surface area contributed by atoms with Crippen molar-refractivity contribution < 1.29 is 4.79 Å². The van der Waals surface area contributed by atoms with Gasteiger partial charge >= 0.3 is 0 Å². The van der Waals surface area contributed by atoms with Crippen LogP contribution in [0.1, 0.15) is 52.1 Å². The third kappa shape index (κ3) is 8.77. The zero-order chi connectivity index (χ0) is 20.3. The lowest BCUT2D eigenvalue weighted by Crippen LogP contribution is -2.55. The van der Waals surface area contributed by atoms with E-state index in [9.17, 15) is 4.79 Å². The number of guanidine groups is 1. The average molecular weight is 503 g/mol. The van der Waals surface area contributed by atoms with Crippen LogP contribution >= 0.6 is 24.0 Å². The maximum atomic E-state index is 11.8. The summed E-state index contributed by atoms with van der Waals surface area (Å²) in [5, 5.41) is 10.4. The largest absolute Gasteiger partial charge is 0.357 e. The maximum absolute atomic E-state index is 11.8. The van der Waals surface area contributed by atoms with Crippen molar-refractivity contribution in [2.24, 2.45) is 4.99 Å². The Morgan fingerprint density at radius 2 is 1.71 bits per heavy atom. The lowest BCUT2D eigenvalue weighted by Gasteiger charge is -2.37. The van der Waals surface area contributed by atoms with Gasteiger partial charge in [-0.3, -0.25) is 4.79 Å². The first-order valence-electron chi connectivity index (χ1n) is 9.92. The van der Waals surface area contributed by atoms with Gasteiger partial charge in [0.1, 0.15) is 6.54 Å². The summed E-state index contributed by atoms with van der Waals surface area (Å²) in [5.41, 5.74) is 1.22. The molecule has 0 fully saturated rings. The SMILES string of the molecule is CCNC(=NCC(=O)N(C)C)NCC(CC)(CC)NC(C)c1ccccc1.I. The molecule has 1 aromatic carbocycles. The van der Waals surface area contributed by atoms with Crippen LogP contribution in [0.3, 0.4) is 0 Å². The maximum Gasteiger partial charge on any atom is 0.243 e. The Hall–Kier alpha value is -1.35. The average Bonchev–Trinajstić information content (AvgIpc) is 2.69. The summed E-state index contributed by atoms with van der Waals surface area (Å²) in [6.45, 7) is 10.3. The number of carbonyl (C=O) groups excluding carboxylic acids is 1. The third-order valence-electron chi connectivity index (χ3n) is 4.99. The molecular weight excluding hydrogens is 465 g/mol. The lowest BCUT2D eigenvalue weighted by atomic mass is 9.90. The highest BCUT2D eigenvalue weighted by Gasteiger charge is 2.28. The lowest BCUT2D eigenvalue weighted by molar-refractivity contribution is -0.127. The number of nitrogens with one attached hydrogen (secondary N) is 3. The first-order valence-corrected chi connectivity index (χ1v) is 9.92. The molecule has 28 heavy (non-hydrogen) atoms. The van der Waals surface area contributed by atoms with E-state index in [1.165, 1.54) is 5.56 Å². The molecule has 1 unspecified atom stereocenters. The van der Waals surface area contributed by atoms with Gasteiger partial charge in [-0.25, -0.2) is 4.99 Å². The fraction of sp³-hybridized carbons (Fsp3) is 0.619. The van der Waals surface area contributed by atoms with Crippen molar-refractivity contribution in [3.05, 3.63) is 35.9 Å². The minimum absolute atomic E-state index is 0. The molecule has 0 heterocycles. The molecule has 7 heteroatoms. The zero-order valence-electron chi connectivity index (χ0n) is 18.2. The van der Waals surface area contributed by atoms with E-state index >= 15 is 0 Å². The van der Waals surface area contributed by atoms with Crippen molar-refractivity contribution in [3.63, 3.8) is 0 Å². The third-order valence-corrected chi connectivity index (χ3v) is 4.99. The van der Waals surface area contributed by atoms with Gasteiger partial charge in [0.2, 0.25) is 5.91 Å². The van der Waals surface area contributed by atoms with Crippen molar-refractivity contribution in [1.29, 1.82) is 0 Å². The highest BCUT2D eigenvalue weighted by Crippen LogP contribution is 2.21. The van der Waals surface area contributed by atoms with Gasteiger partial charge in [0, 0.05) is 38.8 Å². The van der Waals surface area contributed by atoms with Crippen LogP contribution < -0.4 is 16.0 Å². The van der Waals surface area contributed by atoms with E-state index in [1.807, 2.05) is 13.0 Å². The van der Waals surface area contributed by atoms with Crippen molar-refractivity contribution in [2.45, 2.75) is 52.1 Å². The minimum Gasteiger partial charge on any atom is -0.357 e. The van der Waals surface area contributed by atoms with Gasteiger partial charge in [-0.15, -0.1) is 24.0 Å². The fourth-order valence-corrected chi connectivity index (χ4v) is 2.92. The molecule has 3 N–H and O–H groups in total. The fourth-order valence-electron chi connectivity index (χ4n) is 2.92. The smallest absolute Gasteiger partial charge is 0.243 e. The van der Waals surface area contributed by atoms with Crippen LogP contribution in [0, 0.1) is 0 Å². The second-order valence-electron chi connectivity index (χ2n) is 7.10. The van der Waals surface area contributed by atoms with Crippen LogP contribution in [0.5, 0.6) is 0 Å². The molecule has 160 valence electrons. The summed E-state index contributed by atoms with van der Waals surface area (Å²) in [7, 11) is 3.48. The summed E-state index contributed by atoms with van der Waals surface area (Å²) in [6.07, 6.45) is 1.98. The number of rotatable bonds is 10. The molecular formula is C21H38IN5O. The molecule has 0 aliphatic heterocycles. The zero-order valence-corrected chi connectivity index (χ0v) is 20.5. The van der Waals surface area contributed by atoms with Crippen molar-refractivity contribution in [1.82, 2.24) is 20.9 Å². The van der Waals surface area contributed by atoms with E-state index < -0.39 is 0 Å². The second kappa shape index (κ2) is 13.8. The molecule has 1 rings (SSSR count). The van der Waals surface area contributed by atoms with Crippen LogP contribution in [0.15, 0.2) is 35.3 Å². The molecule has 0 aliphatic carbocycles. The molecule has 0 aliphatic rings. The van der Waals surface area contributed by atoms with Crippen LogP contribution in [0.2, 0.25) is 0 Å². The minimum atomic E-state index is -0.0585. The molecule has 0 saturated carbocycles. The summed E-state index contributed by atoms with van der Waals surface area (Å²) in [6, 6.07) is 10.7. The number of nitrogens with zero attached hydrogens (tertiary/aromatic N) is 2. The molecule has 6 nitrogen and oxygen atoms in total. The molecule has 0 bridgehead atoms. The summed E-state index contributed by atoms with van der Waals surface area (Å²) >= 11 is 0. The Labute approximate surface area is 188 Å². The normalized spacial score (nSPS) is 12.7. The molecule has 0 saturated heterocycles. The van der Waals surface area contributed by atoms with Gasteiger partial charge in [0.25, 0.3) is 0 Å². The van der Waals surface area contributed by atoms with Gasteiger partial charge in [-0.1, -0.05) is 44.2 Å². The van der Waals surface area contributed by atoms with Crippen molar-refractivity contribution >= 4 is 35.8 Å². The Kier molecular flexibility index (Phi) is 13.1. The van der Waals surface area contributed by atoms with Crippen LogP contribution in [0.25, 0.3) is 0 Å². The number of benzene rings is 1. The van der Waals surface area contributed by atoms with Gasteiger partial charge in [0.15, 0.2) is 5.96 Å². The van der Waals surface area contributed by atoms with Gasteiger partial charge in [0.05, 0.1) is 0 Å². The van der Waals surface area contributed by atoms with Crippen LogP contribution in [-0.4, -0.2) is 56.0 Å². The first kappa shape index (κ1) is 26.6. The Morgan fingerprint density at radius 3 is 2.21 bits per heavy atom.